The summed E-state index contributed by atoms with van der Waals surface area (Å²) < 4.78 is 1.39. The van der Waals surface area contributed by atoms with Gasteiger partial charge in [-0.15, -0.1) is 10.2 Å². The maximum Gasteiger partial charge on any atom is 0.286 e. The van der Waals surface area contributed by atoms with Crippen molar-refractivity contribution < 1.29 is 4.92 Å². The molecule has 0 aliphatic carbocycles. The Morgan fingerprint density at radius 2 is 2.29 bits per heavy atom. The third-order valence-corrected chi connectivity index (χ3v) is 3.97. The van der Waals surface area contributed by atoms with Crippen molar-refractivity contribution >= 4 is 38.1 Å². The summed E-state index contributed by atoms with van der Waals surface area (Å²) in [4.78, 5) is 22.2. The van der Waals surface area contributed by atoms with Crippen LogP contribution in [0, 0.1) is 10.1 Å². The second kappa shape index (κ2) is 6.76. The van der Waals surface area contributed by atoms with E-state index in [-0.39, 0.29) is 22.3 Å². The number of aromatic nitrogens is 3. The highest BCUT2D eigenvalue weighted by atomic mass is 79.9. The lowest BCUT2D eigenvalue weighted by Crippen LogP contribution is -2.21. The van der Waals surface area contributed by atoms with Crippen molar-refractivity contribution in [1.82, 2.24) is 14.8 Å². The second-order valence-corrected chi connectivity index (χ2v) is 6.08. The molecular weight excluding hydrogens is 362 g/mol. The molecule has 21 heavy (non-hydrogen) atoms. The van der Waals surface area contributed by atoms with Crippen LogP contribution in [0.4, 0.5) is 10.8 Å². The molecule has 0 radical (unpaired) electrons. The predicted octanol–water partition coefficient (Wildman–Crippen LogP) is 2.24. The van der Waals surface area contributed by atoms with Gasteiger partial charge in [0, 0.05) is 12.6 Å². The molecule has 1 N–H and O–H groups in total. The van der Waals surface area contributed by atoms with Gasteiger partial charge in [-0.1, -0.05) is 18.3 Å². The molecule has 2 aromatic rings. The van der Waals surface area contributed by atoms with Crippen LogP contribution >= 0.6 is 27.3 Å². The smallest absolute Gasteiger partial charge is 0.286 e. The minimum absolute atomic E-state index is 0.143. The molecule has 10 heteroatoms. The SMILES string of the molecule is CCCNc1nnc(Cn2cc([N+](=O)[O-])cc(Br)c2=O)s1. The zero-order valence-corrected chi connectivity index (χ0v) is 13.5. The summed E-state index contributed by atoms with van der Waals surface area (Å²) in [5.74, 6) is 0. The molecule has 0 unspecified atom stereocenters. The summed E-state index contributed by atoms with van der Waals surface area (Å²) in [6.07, 6.45) is 2.17. The predicted molar refractivity (Wildman–Crippen MR) is 82.8 cm³/mol. The van der Waals surface area contributed by atoms with E-state index in [0.717, 1.165) is 13.0 Å². The molecule has 2 aromatic heterocycles. The Bertz CT molecular complexity index is 714. The number of pyridine rings is 1. The molecular formula is C11H12BrN5O3S. The van der Waals surface area contributed by atoms with Crippen LogP contribution < -0.4 is 10.9 Å². The maximum atomic E-state index is 12.0. The highest BCUT2D eigenvalue weighted by Crippen LogP contribution is 2.18. The first-order chi connectivity index (χ1) is 10.0. The summed E-state index contributed by atoms with van der Waals surface area (Å²) >= 11 is 4.35. The molecule has 0 bridgehead atoms. The van der Waals surface area contributed by atoms with E-state index < -0.39 is 4.92 Å². The van der Waals surface area contributed by atoms with Crippen LogP contribution in [0.15, 0.2) is 21.5 Å². The Morgan fingerprint density at radius 3 is 2.95 bits per heavy atom. The minimum atomic E-state index is -0.547. The maximum absolute atomic E-state index is 12.0. The molecule has 0 atom stereocenters. The monoisotopic (exact) mass is 373 g/mol. The van der Waals surface area contributed by atoms with Gasteiger partial charge in [-0.05, 0) is 22.4 Å². The van der Waals surface area contributed by atoms with Crippen LogP contribution in [0.5, 0.6) is 0 Å². The lowest BCUT2D eigenvalue weighted by molar-refractivity contribution is -0.385. The van der Waals surface area contributed by atoms with Gasteiger partial charge >= 0.3 is 0 Å². The van der Waals surface area contributed by atoms with E-state index in [9.17, 15) is 14.9 Å². The highest BCUT2D eigenvalue weighted by molar-refractivity contribution is 9.10. The largest absolute Gasteiger partial charge is 0.360 e. The zero-order valence-electron chi connectivity index (χ0n) is 11.1. The van der Waals surface area contributed by atoms with E-state index in [1.807, 2.05) is 6.92 Å². The van der Waals surface area contributed by atoms with Crippen molar-refractivity contribution in [3.8, 4) is 0 Å². The Kier molecular flexibility index (Phi) is 5.02. The third kappa shape index (κ3) is 3.85. The summed E-state index contributed by atoms with van der Waals surface area (Å²) in [6, 6.07) is 1.19. The van der Waals surface area contributed by atoms with Crippen molar-refractivity contribution in [3.63, 3.8) is 0 Å². The van der Waals surface area contributed by atoms with Crippen molar-refractivity contribution in [2.24, 2.45) is 0 Å². The Balaban J connectivity index is 2.24. The van der Waals surface area contributed by atoms with Crippen LogP contribution in [0.3, 0.4) is 0 Å². The zero-order chi connectivity index (χ0) is 15.4. The van der Waals surface area contributed by atoms with Crippen LogP contribution in [-0.4, -0.2) is 26.2 Å². The number of nitrogens with zero attached hydrogens (tertiary/aromatic N) is 4. The fraction of sp³-hybridized carbons (Fsp3) is 0.364. The van der Waals surface area contributed by atoms with Crippen LogP contribution in [0.2, 0.25) is 0 Å². The molecule has 2 heterocycles. The van der Waals surface area contributed by atoms with Crippen LogP contribution in [-0.2, 0) is 6.54 Å². The standard InChI is InChI=1S/C11H12BrN5O3S/c1-2-3-13-11-15-14-9(21-11)6-16-5-7(17(19)20)4-8(12)10(16)18/h4-5H,2-3,6H2,1H3,(H,13,15). The van der Waals surface area contributed by atoms with Gasteiger partial charge in [0.2, 0.25) is 5.13 Å². The van der Waals surface area contributed by atoms with E-state index in [4.69, 9.17) is 0 Å². The fourth-order valence-electron chi connectivity index (χ4n) is 1.57. The van der Waals surface area contributed by atoms with Crippen molar-refractivity contribution in [2.75, 3.05) is 11.9 Å². The number of nitrogens with one attached hydrogen (secondary N) is 1. The average molecular weight is 374 g/mol. The number of hydrogen-bond acceptors (Lipinski definition) is 7. The van der Waals surface area contributed by atoms with Crippen molar-refractivity contribution in [3.05, 3.63) is 42.2 Å². The summed E-state index contributed by atoms with van der Waals surface area (Å²) in [6.45, 7) is 2.97. The Morgan fingerprint density at radius 1 is 1.52 bits per heavy atom. The first-order valence-corrected chi connectivity index (χ1v) is 7.73. The molecule has 0 aromatic carbocycles. The molecule has 0 aliphatic rings. The summed E-state index contributed by atoms with van der Waals surface area (Å²) in [5, 5.41) is 23.1. The summed E-state index contributed by atoms with van der Waals surface area (Å²) in [7, 11) is 0. The van der Waals surface area contributed by atoms with Crippen molar-refractivity contribution in [2.45, 2.75) is 19.9 Å². The minimum Gasteiger partial charge on any atom is -0.360 e. The molecule has 0 aliphatic heterocycles. The van der Waals surface area contributed by atoms with Gasteiger partial charge in [0.1, 0.15) is 5.01 Å². The van der Waals surface area contributed by atoms with E-state index in [1.54, 1.807) is 0 Å². The highest BCUT2D eigenvalue weighted by Gasteiger charge is 2.14. The van der Waals surface area contributed by atoms with E-state index in [1.165, 1.54) is 28.2 Å². The van der Waals surface area contributed by atoms with E-state index >= 15 is 0 Å². The third-order valence-electron chi connectivity index (χ3n) is 2.54. The molecule has 2 rings (SSSR count). The number of rotatable bonds is 6. The Labute approximate surface area is 132 Å². The fourth-order valence-corrected chi connectivity index (χ4v) is 2.79. The first kappa shape index (κ1) is 15.6. The van der Waals surface area contributed by atoms with Gasteiger partial charge < -0.3 is 9.88 Å². The molecule has 0 amide bonds. The molecule has 112 valence electrons. The molecule has 0 saturated heterocycles. The van der Waals surface area contributed by atoms with Gasteiger partial charge in [0.05, 0.1) is 22.1 Å². The van der Waals surface area contributed by atoms with Crippen molar-refractivity contribution in [1.29, 1.82) is 0 Å². The average Bonchev–Trinajstić information content (AvgIpc) is 2.88. The number of hydrogen-bond donors (Lipinski definition) is 1. The normalized spacial score (nSPS) is 10.6. The molecule has 0 fully saturated rings. The van der Waals surface area contributed by atoms with Crippen LogP contribution in [0.25, 0.3) is 0 Å². The van der Waals surface area contributed by atoms with Gasteiger partial charge in [0.25, 0.3) is 11.2 Å². The Hall–Kier alpha value is -1.81. The lowest BCUT2D eigenvalue weighted by atomic mass is 10.4. The van der Waals surface area contributed by atoms with Gasteiger partial charge in [-0.3, -0.25) is 14.9 Å². The van der Waals surface area contributed by atoms with Gasteiger partial charge in [0.15, 0.2) is 0 Å². The van der Waals surface area contributed by atoms with E-state index in [2.05, 4.69) is 31.4 Å². The lowest BCUT2D eigenvalue weighted by Gasteiger charge is -2.03. The quantitative estimate of drug-likeness (QED) is 0.615. The number of nitro groups is 1. The number of anilines is 1. The molecule has 8 nitrogen and oxygen atoms in total. The molecule has 0 saturated carbocycles. The second-order valence-electron chi connectivity index (χ2n) is 4.16. The molecule has 0 spiro atoms. The van der Waals surface area contributed by atoms with Crippen LogP contribution in [0.1, 0.15) is 18.4 Å². The first-order valence-electron chi connectivity index (χ1n) is 6.12. The van der Waals surface area contributed by atoms with E-state index in [0.29, 0.717) is 10.1 Å². The number of halogens is 1. The topological polar surface area (TPSA) is 103 Å². The van der Waals surface area contributed by atoms with Gasteiger partial charge in [-0.25, -0.2) is 0 Å². The summed E-state index contributed by atoms with van der Waals surface area (Å²) in [5.41, 5.74) is -0.505. The van der Waals surface area contributed by atoms with Gasteiger partial charge in [-0.2, -0.15) is 0 Å².